The molecular formula is C13H21N5. The van der Waals surface area contributed by atoms with Crippen LogP contribution in [0.2, 0.25) is 0 Å². The van der Waals surface area contributed by atoms with Crippen molar-refractivity contribution in [1.29, 1.82) is 0 Å². The maximum Gasteiger partial charge on any atom is 0.222 e. The molecule has 0 radical (unpaired) electrons. The summed E-state index contributed by atoms with van der Waals surface area (Å²) < 4.78 is 0. The van der Waals surface area contributed by atoms with Gasteiger partial charge in [0, 0.05) is 24.7 Å². The molecule has 18 heavy (non-hydrogen) atoms. The second kappa shape index (κ2) is 4.72. The minimum atomic E-state index is 0.266. The van der Waals surface area contributed by atoms with Gasteiger partial charge in [0.2, 0.25) is 5.95 Å². The lowest BCUT2D eigenvalue weighted by atomic mass is 10.1. The molecule has 2 heterocycles. The number of aromatic nitrogens is 2. The fourth-order valence-corrected chi connectivity index (χ4v) is 3.01. The van der Waals surface area contributed by atoms with Gasteiger partial charge in [0.05, 0.1) is 5.69 Å². The quantitative estimate of drug-likeness (QED) is 0.720. The zero-order chi connectivity index (χ0) is 12.5. The Labute approximate surface area is 108 Å². The minimum Gasteiger partial charge on any atom is -0.368 e. The molecule has 5 heteroatoms. The van der Waals surface area contributed by atoms with Crippen LogP contribution in [0, 0.1) is 0 Å². The summed E-state index contributed by atoms with van der Waals surface area (Å²) in [5.74, 6) is 1.46. The van der Waals surface area contributed by atoms with Crippen molar-refractivity contribution >= 4 is 11.8 Å². The van der Waals surface area contributed by atoms with Crippen LogP contribution in [-0.2, 0) is 12.8 Å². The molecule has 0 bridgehead atoms. The van der Waals surface area contributed by atoms with E-state index >= 15 is 0 Å². The van der Waals surface area contributed by atoms with E-state index < -0.39 is 0 Å². The first kappa shape index (κ1) is 11.7. The van der Waals surface area contributed by atoms with Gasteiger partial charge in [0.25, 0.3) is 0 Å². The highest BCUT2D eigenvalue weighted by molar-refractivity contribution is 5.53. The standard InChI is InChI=1S/C13H21N5/c14-9-6-7-18(8-9)12-10-4-2-1-3-5-11(10)16-13(15)17-12/h9H,1-8,14H2,(H2,15,16,17). The number of hydrogen-bond donors (Lipinski definition) is 2. The van der Waals surface area contributed by atoms with E-state index in [1.165, 1.54) is 24.8 Å². The molecule has 1 aromatic heterocycles. The lowest BCUT2D eigenvalue weighted by Crippen LogP contribution is -2.28. The first-order valence-corrected chi connectivity index (χ1v) is 6.90. The molecule has 98 valence electrons. The van der Waals surface area contributed by atoms with Crippen molar-refractivity contribution in [3.05, 3.63) is 11.3 Å². The Morgan fingerprint density at radius 1 is 1.11 bits per heavy atom. The molecule has 0 aromatic carbocycles. The number of hydrogen-bond acceptors (Lipinski definition) is 5. The van der Waals surface area contributed by atoms with E-state index in [1.807, 2.05) is 0 Å². The van der Waals surface area contributed by atoms with Gasteiger partial charge in [-0.1, -0.05) is 6.42 Å². The predicted octanol–water partition coefficient (Wildman–Crippen LogP) is 0.865. The zero-order valence-electron chi connectivity index (χ0n) is 10.7. The van der Waals surface area contributed by atoms with Crippen LogP contribution in [0.1, 0.15) is 36.9 Å². The number of rotatable bonds is 1. The molecule has 0 amide bonds. The van der Waals surface area contributed by atoms with Crippen molar-refractivity contribution in [3.63, 3.8) is 0 Å². The Kier molecular flexibility index (Phi) is 3.07. The Hall–Kier alpha value is -1.36. The van der Waals surface area contributed by atoms with E-state index in [9.17, 15) is 0 Å². The predicted molar refractivity (Wildman–Crippen MR) is 72.5 cm³/mol. The number of anilines is 2. The molecule has 1 aliphatic carbocycles. The van der Waals surface area contributed by atoms with Crippen LogP contribution in [0.3, 0.4) is 0 Å². The molecule has 1 unspecified atom stereocenters. The van der Waals surface area contributed by atoms with Gasteiger partial charge in [-0.3, -0.25) is 0 Å². The molecule has 1 atom stereocenters. The highest BCUT2D eigenvalue weighted by Gasteiger charge is 2.25. The normalized spacial score (nSPS) is 23.8. The van der Waals surface area contributed by atoms with E-state index in [4.69, 9.17) is 11.5 Å². The SMILES string of the molecule is Nc1nc2c(c(N3CCC(N)C3)n1)CCCCC2. The third kappa shape index (κ3) is 2.14. The molecular weight excluding hydrogens is 226 g/mol. The van der Waals surface area contributed by atoms with Crippen LogP contribution in [0.5, 0.6) is 0 Å². The van der Waals surface area contributed by atoms with Crippen LogP contribution < -0.4 is 16.4 Å². The van der Waals surface area contributed by atoms with Crippen LogP contribution >= 0.6 is 0 Å². The first-order valence-electron chi connectivity index (χ1n) is 6.90. The average Bonchev–Trinajstić information content (AvgIpc) is 2.63. The van der Waals surface area contributed by atoms with E-state index in [0.717, 1.165) is 43.9 Å². The smallest absolute Gasteiger partial charge is 0.222 e. The summed E-state index contributed by atoms with van der Waals surface area (Å²) in [6.07, 6.45) is 6.87. The van der Waals surface area contributed by atoms with Crippen LogP contribution in [0.25, 0.3) is 0 Å². The fourth-order valence-electron chi connectivity index (χ4n) is 3.01. The molecule has 0 saturated carbocycles. The zero-order valence-corrected chi connectivity index (χ0v) is 10.7. The third-order valence-corrected chi connectivity index (χ3v) is 3.95. The Morgan fingerprint density at radius 2 is 1.94 bits per heavy atom. The van der Waals surface area contributed by atoms with E-state index in [0.29, 0.717) is 5.95 Å². The minimum absolute atomic E-state index is 0.266. The summed E-state index contributed by atoms with van der Waals surface area (Å²) in [6, 6.07) is 0.266. The van der Waals surface area contributed by atoms with Crippen LogP contribution in [-0.4, -0.2) is 29.1 Å². The van der Waals surface area contributed by atoms with E-state index in [1.54, 1.807) is 0 Å². The molecule has 2 aliphatic rings. The molecule has 5 nitrogen and oxygen atoms in total. The summed E-state index contributed by atoms with van der Waals surface area (Å²) in [5.41, 5.74) is 14.3. The molecule has 1 aliphatic heterocycles. The van der Waals surface area contributed by atoms with Crippen molar-refractivity contribution in [2.24, 2.45) is 5.73 Å². The third-order valence-electron chi connectivity index (χ3n) is 3.95. The summed E-state index contributed by atoms with van der Waals surface area (Å²) >= 11 is 0. The Morgan fingerprint density at radius 3 is 2.72 bits per heavy atom. The number of aryl methyl sites for hydroxylation is 1. The van der Waals surface area contributed by atoms with Gasteiger partial charge in [-0.15, -0.1) is 0 Å². The molecule has 1 fully saturated rings. The second-order valence-corrected chi connectivity index (χ2v) is 5.39. The topological polar surface area (TPSA) is 81.1 Å². The summed E-state index contributed by atoms with van der Waals surface area (Å²) in [7, 11) is 0. The average molecular weight is 247 g/mol. The van der Waals surface area contributed by atoms with E-state index in [-0.39, 0.29) is 6.04 Å². The maximum absolute atomic E-state index is 5.99. The highest BCUT2D eigenvalue weighted by Crippen LogP contribution is 2.29. The lowest BCUT2D eigenvalue weighted by Gasteiger charge is -2.21. The van der Waals surface area contributed by atoms with Gasteiger partial charge in [-0.05, 0) is 32.1 Å². The molecule has 3 rings (SSSR count). The molecule has 1 aromatic rings. The number of nitrogen functional groups attached to an aromatic ring is 1. The molecule has 0 spiro atoms. The molecule has 1 saturated heterocycles. The number of fused-ring (bicyclic) bond motifs is 1. The fraction of sp³-hybridized carbons (Fsp3) is 0.692. The van der Waals surface area contributed by atoms with Crippen molar-refractivity contribution in [1.82, 2.24) is 9.97 Å². The molecule has 4 N–H and O–H groups in total. The summed E-state index contributed by atoms with van der Waals surface area (Å²) in [5, 5.41) is 0. The maximum atomic E-state index is 5.99. The van der Waals surface area contributed by atoms with Gasteiger partial charge < -0.3 is 16.4 Å². The Bertz CT molecular complexity index is 445. The highest BCUT2D eigenvalue weighted by atomic mass is 15.2. The van der Waals surface area contributed by atoms with Gasteiger partial charge in [0.1, 0.15) is 5.82 Å². The number of nitrogens with zero attached hydrogens (tertiary/aromatic N) is 3. The van der Waals surface area contributed by atoms with Crippen molar-refractivity contribution in [2.45, 2.75) is 44.6 Å². The number of nitrogens with two attached hydrogens (primary N) is 2. The van der Waals surface area contributed by atoms with Crippen LogP contribution in [0.15, 0.2) is 0 Å². The van der Waals surface area contributed by atoms with Crippen molar-refractivity contribution in [3.8, 4) is 0 Å². The lowest BCUT2D eigenvalue weighted by molar-refractivity contribution is 0.708. The largest absolute Gasteiger partial charge is 0.368 e. The van der Waals surface area contributed by atoms with Gasteiger partial charge in [-0.2, -0.15) is 4.98 Å². The van der Waals surface area contributed by atoms with Gasteiger partial charge in [-0.25, -0.2) is 4.98 Å². The Balaban J connectivity index is 1.99. The summed E-state index contributed by atoms with van der Waals surface area (Å²) in [6.45, 7) is 1.88. The monoisotopic (exact) mass is 247 g/mol. The summed E-state index contributed by atoms with van der Waals surface area (Å²) in [4.78, 5) is 11.2. The van der Waals surface area contributed by atoms with Crippen LogP contribution in [0.4, 0.5) is 11.8 Å². The second-order valence-electron chi connectivity index (χ2n) is 5.39. The first-order chi connectivity index (χ1) is 8.74. The van der Waals surface area contributed by atoms with Gasteiger partial charge >= 0.3 is 0 Å². The van der Waals surface area contributed by atoms with Crippen molar-refractivity contribution < 1.29 is 0 Å². The van der Waals surface area contributed by atoms with Crippen molar-refractivity contribution in [2.75, 3.05) is 23.7 Å². The van der Waals surface area contributed by atoms with Gasteiger partial charge in [0.15, 0.2) is 0 Å². The van der Waals surface area contributed by atoms with E-state index in [2.05, 4.69) is 14.9 Å².